The Hall–Kier alpha value is -2.29. The Labute approximate surface area is 163 Å². The van der Waals surface area contributed by atoms with Crippen molar-refractivity contribution in [1.82, 2.24) is 5.32 Å². The Balaban J connectivity index is 1.65. The van der Waals surface area contributed by atoms with E-state index in [1.165, 1.54) is 24.0 Å². The first-order valence-electron chi connectivity index (χ1n) is 10.2. The van der Waals surface area contributed by atoms with Gasteiger partial charge >= 0.3 is 0 Å². The molecular weight excluding hydrogens is 334 g/mol. The Bertz CT molecular complexity index is 754. The number of nitrogens with one attached hydrogen (secondary N) is 1. The van der Waals surface area contributed by atoms with Crippen LogP contribution in [0, 0.1) is 5.92 Å². The Morgan fingerprint density at radius 1 is 1.00 bits per heavy atom. The predicted molar refractivity (Wildman–Crippen MR) is 110 cm³/mol. The Kier molecular flexibility index (Phi) is 6.54. The quantitative estimate of drug-likeness (QED) is 0.729. The van der Waals surface area contributed by atoms with Crippen LogP contribution in [0.3, 0.4) is 0 Å². The summed E-state index contributed by atoms with van der Waals surface area (Å²) in [6, 6.07) is 16.4. The van der Waals surface area contributed by atoms with Gasteiger partial charge in [-0.1, -0.05) is 50.2 Å². The third-order valence-electron chi connectivity index (χ3n) is 5.23. The Morgan fingerprint density at radius 3 is 2.41 bits per heavy atom. The first kappa shape index (κ1) is 19.5. The summed E-state index contributed by atoms with van der Waals surface area (Å²) in [5.74, 6) is 1.22. The molecule has 3 heteroatoms. The minimum absolute atomic E-state index is 0.00767. The molecule has 144 valence electrons. The van der Waals surface area contributed by atoms with Crippen molar-refractivity contribution in [2.24, 2.45) is 5.92 Å². The highest BCUT2D eigenvalue weighted by Crippen LogP contribution is 2.26. The van der Waals surface area contributed by atoms with E-state index in [9.17, 15) is 4.79 Å². The van der Waals surface area contributed by atoms with Crippen LogP contribution in [-0.4, -0.2) is 12.0 Å². The normalized spacial score (nSPS) is 15.7. The molecule has 0 bridgehead atoms. The zero-order valence-electron chi connectivity index (χ0n) is 16.7. The zero-order valence-corrected chi connectivity index (χ0v) is 16.7. The molecule has 1 aliphatic carbocycles. The number of carbonyl (C=O) groups excluding carboxylic acids is 1. The highest BCUT2D eigenvalue weighted by atomic mass is 16.5. The number of hydrogen-bond donors (Lipinski definition) is 1. The number of rotatable bonds is 7. The van der Waals surface area contributed by atoms with Crippen molar-refractivity contribution in [1.29, 1.82) is 0 Å². The summed E-state index contributed by atoms with van der Waals surface area (Å²) in [5, 5.41) is 3.18. The third-order valence-corrected chi connectivity index (χ3v) is 5.23. The van der Waals surface area contributed by atoms with Crippen molar-refractivity contribution >= 4 is 5.91 Å². The molecule has 1 N–H and O–H groups in total. The van der Waals surface area contributed by atoms with Gasteiger partial charge in [0.05, 0.1) is 6.04 Å². The van der Waals surface area contributed by atoms with Gasteiger partial charge in [0.25, 0.3) is 5.91 Å². The van der Waals surface area contributed by atoms with Gasteiger partial charge in [-0.2, -0.15) is 0 Å². The van der Waals surface area contributed by atoms with Crippen molar-refractivity contribution in [3.05, 3.63) is 65.2 Å². The molecule has 0 aliphatic heterocycles. The van der Waals surface area contributed by atoms with E-state index < -0.39 is 6.10 Å². The monoisotopic (exact) mass is 365 g/mol. The van der Waals surface area contributed by atoms with Gasteiger partial charge in [0.15, 0.2) is 6.10 Å². The summed E-state index contributed by atoms with van der Waals surface area (Å²) in [6.07, 6.45) is 5.15. The summed E-state index contributed by atoms with van der Waals surface area (Å²) in [6.45, 7) is 6.18. The maximum atomic E-state index is 12.8. The lowest BCUT2D eigenvalue weighted by Crippen LogP contribution is -2.39. The van der Waals surface area contributed by atoms with Gasteiger partial charge in [0.2, 0.25) is 0 Å². The van der Waals surface area contributed by atoms with Crippen LogP contribution < -0.4 is 10.1 Å². The fraction of sp³-hybridized carbons (Fsp3) is 0.458. The van der Waals surface area contributed by atoms with Gasteiger partial charge < -0.3 is 10.1 Å². The molecule has 0 heterocycles. The second kappa shape index (κ2) is 9.07. The van der Waals surface area contributed by atoms with E-state index in [0.29, 0.717) is 5.92 Å². The van der Waals surface area contributed by atoms with Crippen LogP contribution in [0.2, 0.25) is 0 Å². The van der Waals surface area contributed by atoms with Gasteiger partial charge in [-0.25, -0.2) is 0 Å². The highest BCUT2D eigenvalue weighted by Gasteiger charge is 2.21. The fourth-order valence-electron chi connectivity index (χ4n) is 3.76. The van der Waals surface area contributed by atoms with E-state index in [0.717, 1.165) is 30.6 Å². The lowest BCUT2D eigenvalue weighted by atomic mass is 9.92. The molecule has 0 saturated carbocycles. The minimum Gasteiger partial charge on any atom is -0.481 e. The van der Waals surface area contributed by atoms with Gasteiger partial charge in [-0.05, 0) is 73.8 Å². The van der Waals surface area contributed by atoms with E-state index in [-0.39, 0.29) is 11.9 Å². The topological polar surface area (TPSA) is 38.3 Å². The zero-order chi connectivity index (χ0) is 19.2. The van der Waals surface area contributed by atoms with Gasteiger partial charge in [-0.3, -0.25) is 4.79 Å². The number of ether oxygens (including phenoxy) is 1. The lowest BCUT2D eigenvalue weighted by Gasteiger charge is -2.24. The predicted octanol–water partition coefficient (Wildman–Crippen LogP) is 5.24. The summed E-state index contributed by atoms with van der Waals surface area (Å²) in [5.41, 5.74) is 3.93. The summed E-state index contributed by atoms with van der Waals surface area (Å²) in [4.78, 5) is 12.8. The molecule has 0 spiro atoms. The first-order valence-corrected chi connectivity index (χ1v) is 10.2. The number of benzene rings is 2. The van der Waals surface area contributed by atoms with Crippen LogP contribution in [-0.2, 0) is 17.6 Å². The standard InChI is InChI=1S/C24H31NO2/c1-17(2)15-23(20-10-5-4-6-11-20)25-24(26)18(3)27-22-14-13-19-9-7-8-12-21(19)16-22/h4-6,10-11,13-14,16-18,23H,7-9,12,15H2,1-3H3,(H,25,26)/t18-,23-/m1/s1. The SMILES string of the molecule is CC(C)C[C@@H](NC(=O)[C@@H](C)Oc1ccc2c(c1)CCCC2)c1ccccc1. The average molecular weight is 366 g/mol. The van der Waals surface area contributed by atoms with E-state index in [1.54, 1.807) is 0 Å². The van der Waals surface area contributed by atoms with E-state index in [4.69, 9.17) is 4.74 Å². The fourth-order valence-corrected chi connectivity index (χ4v) is 3.76. The van der Waals surface area contributed by atoms with Crippen LogP contribution >= 0.6 is 0 Å². The number of aryl methyl sites for hydroxylation is 2. The Morgan fingerprint density at radius 2 is 1.70 bits per heavy atom. The molecule has 3 rings (SSSR count). The molecule has 1 amide bonds. The number of hydrogen-bond acceptors (Lipinski definition) is 2. The first-order chi connectivity index (χ1) is 13.0. The smallest absolute Gasteiger partial charge is 0.261 e. The molecular formula is C24H31NO2. The molecule has 0 fully saturated rings. The van der Waals surface area contributed by atoms with Crippen molar-refractivity contribution in [3.8, 4) is 5.75 Å². The number of fused-ring (bicyclic) bond motifs is 1. The molecule has 0 saturated heterocycles. The van der Waals surface area contributed by atoms with Crippen molar-refractivity contribution < 1.29 is 9.53 Å². The highest BCUT2D eigenvalue weighted by molar-refractivity contribution is 5.81. The molecule has 2 aromatic carbocycles. The minimum atomic E-state index is -0.523. The van der Waals surface area contributed by atoms with Crippen LogP contribution in [0.25, 0.3) is 0 Å². The number of carbonyl (C=O) groups is 1. The van der Waals surface area contributed by atoms with Gasteiger partial charge in [0.1, 0.15) is 5.75 Å². The van der Waals surface area contributed by atoms with E-state index >= 15 is 0 Å². The number of amides is 1. The molecule has 1 aliphatic rings. The molecule has 3 nitrogen and oxygen atoms in total. The molecule has 0 aromatic heterocycles. The molecule has 2 aromatic rings. The van der Waals surface area contributed by atoms with Crippen molar-refractivity contribution in [2.75, 3.05) is 0 Å². The van der Waals surface area contributed by atoms with Crippen LogP contribution in [0.15, 0.2) is 48.5 Å². The second-order valence-corrected chi connectivity index (χ2v) is 8.00. The van der Waals surface area contributed by atoms with Crippen molar-refractivity contribution in [3.63, 3.8) is 0 Å². The third kappa shape index (κ3) is 5.35. The molecule has 2 atom stereocenters. The van der Waals surface area contributed by atoms with E-state index in [2.05, 4.69) is 43.4 Å². The molecule has 27 heavy (non-hydrogen) atoms. The lowest BCUT2D eigenvalue weighted by molar-refractivity contribution is -0.128. The summed E-state index contributed by atoms with van der Waals surface area (Å²) < 4.78 is 5.97. The largest absolute Gasteiger partial charge is 0.481 e. The van der Waals surface area contributed by atoms with Crippen LogP contribution in [0.1, 0.15) is 62.8 Å². The molecule has 0 unspecified atom stereocenters. The summed E-state index contributed by atoms with van der Waals surface area (Å²) in [7, 11) is 0. The maximum absolute atomic E-state index is 12.8. The van der Waals surface area contributed by atoms with Crippen molar-refractivity contribution in [2.45, 2.75) is 65.0 Å². The van der Waals surface area contributed by atoms with Crippen LogP contribution in [0.4, 0.5) is 0 Å². The van der Waals surface area contributed by atoms with Gasteiger partial charge in [-0.15, -0.1) is 0 Å². The maximum Gasteiger partial charge on any atom is 0.261 e. The van der Waals surface area contributed by atoms with E-state index in [1.807, 2.05) is 31.2 Å². The second-order valence-electron chi connectivity index (χ2n) is 8.00. The van der Waals surface area contributed by atoms with Gasteiger partial charge in [0, 0.05) is 0 Å². The molecule has 0 radical (unpaired) electrons. The van der Waals surface area contributed by atoms with Crippen LogP contribution in [0.5, 0.6) is 5.75 Å². The average Bonchev–Trinajstić information content (AvgIpc) is 2.67. The summed E-state index contributed by atoms with van der Waals surface area (Å²) >= 11 is 0.